The van der Waals surface area contributed by atoms with Crippen molar-refractivity contribution in [1.82, 2.24) is 19.9 Å². The Morgan fingerprint density at radius 2 is 1.71 bits per heavy atom. The first-order valence-corrected chi connectivity index (χ1v) is 9.81. The highest BCUT2D eigenvalue weighted by molar-refractivity contribution is 5.91. The van der Waals surface area contributed by atoms with Gasteiger partial charge in [0, 0.05) is 30.9 Å². The lowest BCUT2D eigenvalue weighted by molar-refractivity contribution is 0.122. The lowest BCUT2D eigenvalue weighted by Gasteiger charge is -2.27. The average Bonchev–Trinajstić information content (AvgIpc) is 2.80. The summed E-state index contributed by atoms with van der Waals surface area (Å²) in [7, 11) is 0. The van der Waals surface area contributed by atoms with Crippen molar-refractivity contribution in [3.63, 3.8) is 0 Å². The van der Waals surface area contributed by atoms with Gasteiger partial charge in [0.05, 0.1) is 30.7 Å². The molecular formula is C22H18F2N6O. The van der Waals surface area contributed by atoms with Crippen LogP contribution in [0.25, 0.3) is 22.2 Å². The number of aromatic nitrogens is 4. The maximum absolute atomic E-state index is 14.3. The Bertz CT molecular complexity index is 1210. The van der Waals surface area contributed by atoms with Gasteiger partial charge in [-0.3, -0.25) is 4.98 Å². The predicted molar refractivity (Wildman–Crippen MR) is 113 cm³/mol. The number of hydrogen-bond acceptors (Lipinski definition) is 7. The van der Waals surface area contributed by atoms with Crippen molar-refractivity contribution in [2.45, 2.75) is 0 Å². The summed E-state index contributed by atoms with van der Waals surface area (Å²) in [6.45, 7) is 2.98. The number of anilines is 3. The minimum Gasteiger partial charge on any atom is -0.378 e. The topological polar surface area (TPSA) is 76.1 Å². The van der Waals surface area contributed by atoms with Crippen molar-refractivity contribution in [1.29, 1.82) is 0 Å². The Labute approximate surface area is 176 Å². The van der Waals surface area contributed by atoms with Crippen LogP contribution in [0.4, 0.5) is 26.2 Å². The first-order valence-electron chi connectivity index (χ1n) is 9.81. The molecule has 1 N–H and O–H groups in total. The first kappa shape index (κ1) is 19.3. The van der Waals surface area contributed by atoms with Crippen molar-refractivity contribution < 1.29 is 13.5 Å². The lowest BCUT2D eigenvalue weighted by atomic mass is 10.1. The number of pyridine rings is 2. The number of morpholine rings is 1. The third-order valence-electron chi connectivity index (χ3n) is 5.04. The molecule has 4 aromatic rings. The number of rotatable bonds is 4. The molecule has 31 heavy (non-hydrogen) atoms. The maximum atomic E-state index is 14.3. The summed E-state index contributed by atoms with van der Waals surface area (Å²) in [5, 5.41) is 3.71. The van der Waals surface area contributed by atoms with E-state index in [4.69, 9.17) is 4.74 Å². The average molecular weight is 420 g/mol. The largest absolute Gasteiger partial charge is 0.378 e. The molecule has 7 nitrogen and oxygen atoms in total. The van der Waals surface area contributed by atoms with E-state index in [1.165, 1.54) is 24.4 Å². The summed E-state index contributed by atoms with van der Waals surface area (Å²) in [6.07, 6.45) is 4.76. The number of benzene rings is 1. The van der Waals surface area contributed by atoms with Crippen LogP contribution in [0.3, 0.4) is 0 Å². The van der Waals surface area contributed by atoms with Gasteiger partial charge in [0.25, 0.3) is 0 Å². The molecule has 156 valence electrons. The van der Waals surface area contributed by atoms with Crippen molar-refractivity contribution in [3.05, 3.63) is 66.6 Å². The van der Waals surface area contributed by atoms with Crippen LogP contribution in [-0.2, 0) is 4.74 Å². The third kappa shape index (κ3) is 3.87. The highest BCUT2D eigenvalue weighted by Crippen LogP contribution is 2.30. The zero-order valence-corrected chi connectivity index (χ0v) is 16.4. The zero-order chi connectivity index (χ0) is 21.2. The molecule has 0 bridgehead atoms. The molecule has 1 aliphatic rings. The highest BCUT2D eigenvalue weighted by Gasteiger charge is 2.17. The predicted octanol–water partition coefficient (Wildman–Crippen LogP) is 3.95. The zero-order valence-electron chi connectivity index (χ0n) is 16.4. The quantitative estimate of drug-likeness (QED) is 0.536. The van der Waals surface area contributed by atoms with Gasteiger partial charge in [0.2, 0.25) is 5.95 Å². The van der Waals surface area contributed by atoms with Gasteiger partial charge in [0.15, 0.2) is 0 Å². The van der Waals surface area contributed by atoms with Gasteiger partial charge in [-0.05, 0) is 30.3 Å². The van der Waals surface area contributed by atoms with E-state index in [0.717, 1.165) is 18.9 Å². The molecule has 0 radical (unpaired) electrons. The Morgan fingerprint density at radius 3 is 2.45 bits per heavy atom. The normalized spacial score (nSPS) is 14.1. The van der Waals surface area contributed by atoms with Gasteiger partial charge >= 0.3 is 0 Å². The van der Waals surface area contributed by atoms with Crippen LogP contribution in [0.2, 0.25) is 0 Å². The molecule has 0 atom stereocenters. The highest BCUT2D eigenvalue weighted by atomic mass is 19.1. The second kappa shape index (κ2) is 8.19. The van der Waals surface area contributed by atoms with Gasteiger partial charge in [0.1, 0.15) is 28.7 Å². The number of halogens is 2. The van der Waals surface area contributed by atoms with Gasteiger partial charge in [-0.2, -0.15) is 0 Å². The van der Waals surface area contributed by atoms with Crippen LogP contribution in [0.5, 0.6) is 0 Å². The smallest absolute Gasteiger partial charge is 0.227 e. The monoisotopic (exact) mass is 420 g/mol. The molecule has 0 aliphatic carbocycles. The van der Waals surface area contributed by atoms with Gasteiger partial charge < -0.3 is 15.0 Å². The summed E-state index contributed by atoms with van der Waals surface area (Å²) in [4.78, 5) is 19.6. The fraction of sp³-hybridized carbons (Fsp3) is 0.182. The first-order chi connectivity index (χ1) is 15.2. The Hall–Kier alpha value is -3.72. The van der Waals surface area contributed by atoms with Crippen molar-refractivity contribution >= 4 is 28.4 Å². The molecule has 9 heteroatoms. The minimum absolute atomic E-state index is 0.124. The Balaban J connectivity index is 1.46. The van der Waals surface area contributed by atoms with E-state index < -0.39 is 11.6 Å². The molecule has 1 fully saturated rings. The summed E-state index contributed by atoms with van der Waals surface area (Å²) in [5.41, 5.74) is 0.953. The molecule has 1 aliphatic heterocycles. The van der Waals surface area contributed by atoms with Crippen molar-refractivity contribution in [2.24, 2.45) is 0 Å². The maximum Gasteiger partial charge on any atom is 0.227 e. The van der Waals surface area contributed by atoms with E-state index in [1.807, 2.05) is 12.1 Å². The second-order valence-corrected chi connectivity index (χ2v) is 7.02. The number of nitrogens with one attached hydrogen (secondary N) is 1. The van der Waals surface area contributed by atoms with Crippen molar-refractivity contribution in [2.75, 3.05) is 36.5 Å². The molecule has 0 amide bonds. The Kier molecular flexibility index (Phi) is 5.09. The van der Waals surface area contributed by atoms with E-state index >= 15 is 0 Å². The van der Waals surface area contributed by atoms with E-state index in [-0.39, 0.29) is 17.2 Å². The van der Waals surface area contributed by atoms with Gasteiger partial charge in [-0.1, -0.05) is 6.07 Å². The van der Waals surface area contributed by atoms with Crippen LogP contribution in [0.15, 0.2) is 55.0 Å². The van der Waals surface area contributed by atoms with Crippen LogP contribution < -0.4 is 10.2 Å². The van der Waals surface area contributed by atoms with Crippen LogP contribution in [-0.4, -0.2) is 46.2 Å². The minimum atomic E-state index is -0.698. The molecule has 3 aromatic heterocycles. The van der Waals surface area contributed by atoms with Crippen LogP contribution in [0.1, 0.15) is 0 Å². The SMILES string of the molecule is Fc1cccc(F)c1-c1nccc2cnc(Nc3ccc(N4CCOCC4)nc3)nc12. The molecule has 0 unspecified atom stereocenters. The molecule has 0 saturated carbocycles. The number of hydrogen-bond donors (Lipinski definition) is 1. The molecule has 0 spiro atoms. The van der Waals surface area contributed by atoms with Gasteiger partial charge in [-0.15, -0.1) is 0 Å². The van der Waals surface area contributed by atoms with E-state index in [0.29, 0.717) is 29.8 Å². The summed E-state index contributed by atoms with van der Waals surface area (Å²) < 4.78 is 34.1. The van der Waals surface area contributed by atoms with E-state index in [1.54, 1.807) is 18.5 Å². The third-order valence-corrected chi connectivity index (χ3v) is 5.04. The van der Waals surface area contributed by atoms with Crippen LogP contribution >= 0.6 is 0 Å². The van der Waals surface area contributed by atoms with E-state index in [2.05, 4.69) is 30.2 Å². The molecular weight excluding hydrogens is 402 g/mol. The molecule has 1 aromatic carbocycles. The number of ether oxygens (including phenoxy) is 1. The number of fused-ring (bicyclic) bond motifs is 1. The lowest BCUT2D eigenvalue weighted by Crippen LogP contribution is -2.36. The standard InChI is InChI=1S/C22H18F2N6O/c23-16-2-1-3-17(24)19(16)21-20-14(6-7-25-21)12-27-22(29-20)28-15-4-5-18(26-13-15)30-8-10-31-11-9-30/h1-7,12-13H,8-11H2,(H,27,28,29). The number of nitrogens with zero attached hydrogens (tertiary/aromatic N) is 5. The molecule has 5 rings (SSSR count). The molecule has 4 heterocycles. The fourth-order valence-corrected chi connectivity index (χ4v) is 3.49. The Morgan fingerprint density at radius 1 is 0.903 bits per heavy atom. The van der Waals surface area contributed by atoms with Gasteiger partial charge in [-0.25, -0.2) is 23.7 Å². The summed E-state index contributed by atoms with van der Waals surface area (Å²) in [6, 6.07) is 9.19. The second-order valence-electron chi connectivity index (χ2n) is 7.02. The molecule has 1 saturated heterocycles. The van der Waals surface area contributed by atoms with Crippen LogP contribution in [0, 0.1) is 11.6 Å². The van der Waals surface area contributed by atoms with Crippen molar-refractivity contribution in [3.8, 4) is 11.3 Å². The summed E-state index contributed by atoms with van der Waals surface area (Å²) in [5.74, 6) is -0.249. The fourth-order valence-electron chi connectivity index (χ4n) is 3.49. The summed E-state index contributed by atoms with van der Waals surface area (Å²) >= 11 is 0. The van der Waals surface area contributed by atoms with E-state index in [9.17, 15) is 8.78 Å².